The van der Waals surface area contributed by atoms with Crippen molar-refractivity contribution in [2.75, 3.05) is 17.3 Å². The van der Waals surface area contributed by atoms with Crippen LogP contribution < -0.4 is 15.8 Å². The largest absolute Gasteiger partial charge is 0.501 e. The number of nitrogens with zero attached hydrogens (tertiary/aromatic N) is 4. The molecule has 0 unspecified atom stereocenters. The molecule has 0 fully saturated rings. The van der Waals surface area contributed by atoms with E-state index >= 15 is 0 Å². The van der Waals surface area contributed by atoms with E-state index in [2.05, 4.69) is 20.0 Å². The third-order valence-electron chi connectivity index (χ3n) is 3.91. The highest BCUT2D eigenvalue weighted by Gasteiger charge is 2.22. The Morgan fingerprint density at radius 1 is 1.39 bits per heavy atom. The van der Waals surface area contributed by atoms with Gasteiger partial charge in [0.2, 0.25) is 11.7 Å². The molecule has 0 bridgehead atoms. The van der Waals surface area contributed by atoms with Crippen molar-refractivity contribution < 1.29 is 14.4 Å². The lowest BCUT2D eigenvalue weighted by molar-refractivity contribution is 0.101. The summed E-state index contributed by atoms with van der Waals surface area (Å²) in [6, 6.07) is 5.05. The first-order chi connectivity index (χ1) is 13.3. The van der Waals surface area contributed by atoms with Gasteiger partial charge in [0.25, 0.3) is 11.5 Å². The van der Waals surface area contributed by atoms with Crippen LogP contribution in [-0.2, 0) is 13.6 Å². The summed E-state index contributed by atoms with van der Waals surface area (Å²) in [5, 5.41) is 16.9. The second-order valence-electron chi connectivity index (χ2n) is 5.93. The summed E-state index contributed by atoms with van der Waals surface area (Å²) in [6.07, 6.45) is 2.47. The lowest BCUT2D eigenvalue weighted by atomic mass is 10.2. The number of halogens is 2. The van der Waals surface area contributed by atoms with Crippen LogP contribution in [0.1, 0.15) is 16.1 Å². The summed E-state index contributed by atoms with van der Waals surface area (Å²) in [5.41, 5.74) is -0.191. The topological polar surface area (TPSA) is 113 Å². The van der Waals surface area contributed by atoms with E-state index in [1.54, 1.807) is 30.1 Å². The molecule has 9 nitrogen and oxygen atoms in total. The van der Waals surface area contributed by atoms with Crippen LogP contribution in [0.15, 0.2) is 40.0 Å². The van der Waals surface area contributed by atoms with Crippen LogP contribution in [-0.4, -0.2) is 32.8 Å². The zero-order chi connectivity index (χ0) is 20.4. The molecule has 0 radical (unpaired) electrons. The summed E-state index contributed by atoms with van der Waals surface area (Å²) < 4.78 is 5.76. The smallest absolute Gasteiger partial charge is 0.297 e. The number of amides is 1. The van der Waals surface area contributed by atoms with E-state index in [4.69, 9.17) is 23.2 Å². The first kappa shape index (κ1) is 19.7. The van der Waals surface area contributed by atoms with Crippen LogP contribution in [0.25, 0.3) is 0 Å². The molecule has 1 aromatic carbocycles. The highest BCUT2D eigenvalue weighted by molar-refractivity contribution is 6.35. The number of rotatable bonds is 5. The normalized spacial score (nSPS) is 10.7. The number of aromatic nitrogens is 3. The molecule has 0 saturated carbocycles. The zero-order valence-corrected chi connectivity index (χ0v) is 16.3. The van der Waals surface area contributed by atoms with Crippen LogP contribution in [0.4, 0.5) is 11.6 Å². The van der Waals surface area contributed by atoms with E-state index in [0.717, 1.165) is 10.1 Å². The molecule has 146 valence electrons. The average Bonchev–Trinajstić information content (AvgIpc) is 3.15. The molecule has 3 rings (SSSR count). The fraction of sp³-hybridized carbons (Fsp3) is 0.176. The van der Waals surface area contributed by atoms with Gasteiger partial charge in [-0.15, -0.1) is 0 Å². The fourth-order valence-corrected chi connectivity index (χ4v) is 2.98. The number of hydrogen-bond donors (Lipinski definition) is 2. The standard InChI is InChI=1S/C17H15Cl2N5O4/c1-23(7-9-3-4-10(18)5-12(9)19)17-22-13(14(25)16(27)24(17)2)15(26)21-11-6-20-28-8-11/h3-6,8,25H,7H2,1-2H3,(H,21,26). The first-order valence-electron chi connectivity index (χ1n) is 7.93. The van der Waals surface area contributed by atoms with Gasteiger partial charge in [-0.1, -0.05) is 34.4 Å². The minimum atomic E-state index is -0.780. The first-order valence-corrected chi connectivity index (χ1v) is 8.69. The Bertz CT molecular complexity index is 1080. The van der Waals surface area contributed by atoms with Crippen molar-refractivity contribution in [1.82, 2.24) is 14.7 Å². The highest BCUT2D eigenvalue weighted by atomic mass is 35.5. The van der Waals surface area contributed by atoms with Gasteiger partial charge in [0.15, 0.2) is 5.69 Å². The van der Waals surface area contributed by atoms with Gasteiger partial charge >= 0.3 is 0 Å². The van der Waals surface area contributed by atoms with E-state index in [-0.39, 0.29) is 18.2 Å². The number of aromatic hydroxyl groups is 1. The van der Waals surface area contributed by atoms with Gasteiger partial charge in [-0.2, -0.15) is 0 Å². The predicted molar refractivity (Wildman–Crippen MR) is 104 cm³/mol. The summed E-state index contributed by atoms with van der Waals surface area (Å²) in [6.45, 7) is 0.285. The number of anilines is 2. The van der Waals surface area contributed by atoms with Crippen LogP contribution >= 0.6 is 23.2 Å². The number of carbonyl (C=O) groups excluding carboxylic acids is 1. The van der Waals surface area contributed by atoms with Crippen molar-refractivity contribution in [2.24, 2.45) is 7.05 Å². The van der Waals surface area contributed by atoms with Crippen molar-refractivity contribution in [3.8, 4) is 5.75 Å². The summed E-state index contributed by atoms with van der Waals surface area (Å²) in [4.78, 5) is 30.6. The molecule has 0 atom stereocenters. The zero-order valence-electron chi connectivity index (χ0n) is 14.8. The summed E-state index contributed by atoms with van der Waals surface area (Å²) >= 11 is 12.1. The van der Waals surface area contributed by atoms with Gasteiger partial charge in [-0.25, -0.2) is 4.98 Å². The Hall–Kier alpha value is -3.04. The predicted octanol–water partition coefficient (Wildman–Crippen LogP) is 2.67. The molecule has 28 heavy (non-hydrogen) atoms. The molecular weight excluding hydrogens is 409 g/mol. The molecular formula is C17H15Cl2N5O4. The maximum Gasteiger partial charge on any atom is 0.297 e. The molecule has 2 N–H and O–H groups in total. The molecule has 1 amide bonds. The second kappa shape index (κ2) is 7.91. The third kappa shape index (κ3) is 3.95. The van der Waals surface area contributed by atoms with Gasteiger partial charge in [0, 0.05) is 30.7 Å². The molecule has 0 spiro atoms. The summed E-state index contributed by atoms with van der Waals surface area (Å²) in [7, 11) is 3.11. The number of carbonyl (C=O) groups is 1. The SMILES string of the molecule is CN(Cc1ccc(Cl)cc1Cl)c1nc(C(=O)Nc2cnoc2)c(O)c(=O)n1C. The number of hydrogen-bond acceptors (Lipinski definition) is 7. The van der Waals surface area contributed by atoms with Crippen molar-refractivity contribution >= 4 is 40.7 Å². The quantitative estimate of drug-likeness (QED) is 0.648. The van der Waals surface area contributed by atoms with E-state index in [9.17, 15) is 14.7 Å². The molecule has 0 aliphatic carbocycles. The summed E-state index contributed by atoms with van der Waals surface area (Å²) in [5.74, 6) is -1.39. The molecule has 3 aromatic rings. The molecule has 2 heterocycles. The Morgan fingerprint density at radius 2 is 2.14 bits per heavy atom. The van der Waals surface area contributed by atoms with Crippen molar-refractivity contribution in [3.63, 3.8) is 0 Å². The molecule has 0 saturated heterocycles. The van der Waals surface area contributed by atoms with Gasteiger partial charge < -0.3 is 19.8 Å². The molecule has 11 heteroatoms. The Balaban J connectivity index is 1.95. The minimum Gasteiger partial charge on any atom is -0.501 e. The van der Waals surface area contributed by atoms with Gasteiger partial charge in [0.1, 0.15) is 12.0 Å². The van der Waals surface area contributed by atoms with Crippen LogP contribution in [0.2, 0.25) is 10.0 Å². The number of nitrogens with one attached hydrogen (secondary N) is 1. The maximum absolute atomic E-state index is 12.4. The van der Waals surface area contributed by atoms with E-state index in [0.29, 0.717) is 10.0 Å². The highest BCUT2D eigenvalue weighted by Crippen LogP contribution is 2.24. The van der Waals surface area contributed by atoms with Crippen LogP contribution in [0.5, 0.6) is 5.75 Å². The van der Waals surface area contributed by atoms with Crippen molar-refractivity contribution in [1.29, 1.82) is 0 Å². The Kier molecular flexibility index (Phi) is 5.57. The molecule has 0 aliphatic heterocycles. The monoisotopic (exact) mass is 423 g/mol. The number of benzene rings is 1. The van der Waals surface area contributed by atoms with Crippen LogP contribution in [0.3, 0.4) is 0 Å². The Labute approximate surface area is 169 Å². The van der Waals surface area contributed by atoms with Crippen LogP contribution in [0, 0.1) is 0 Å². The van der Waals surface area contributed by atoms with E-state index in [1.165, 1.54) is 19.5 Å². The minimum absolute atomic E-state index is 0.157. The average molecular weight is 424 g/mol. The fourth-order valence-electron chi connectivity index (χ4n) is 2.51. The van der Waals surface area contributed by atoms with Crippen molar-refractivity contribution in [2.45, 2.75) is 6.54 Å². The van der Waals surface area contributed by atoms with Gasteiger partial charge in [-0.05, 0) is 17.7 Å². The molecule has 0 aliphatic rings. The lowest BCUT2D eigenvalue weighted by Crippen LogP contribution is -2.31. The molecule has 2 aromatic heterocycles. The Morgan fingerprint density at radius 3 is 2.79 bits per heavy atom. The van der Waals surface area contributed by atoms with E-state index < -0.39 is 22.9 Å². The third-order valence-corrected chi connectivity index (χ3v) is 4.50. The van der Waals surface area contributed by atoms with E-state index in [1.807, 2.05) is 0 Å². The van der Waals surface area contributed by atoms with Gasteiger partial charge in [0.05, 0.1) is 6.20 Å². The van der Waals surface area contributed by atoms with Crippen molar-refractivity contribution in [3.05, 3.63) is 62.3 Å². The van der Waals surface area contributed by atoms with Gasteiger partial charge in [-0.3, -0.25) is 14.2 Å². The maximum atomic E-state index is 12.4. The lowest BCUT2D eigenvalue weighted by Gasteiger charge is -2.22. The second-order valence-corrected chi connectivity index (χ2v) is 6.78.